The quantitative estimate of drug-likeness (QED) is 0.837. The maximum Gasteiger partial charge on any atom is 0.186 e. The highest BCUT2D eigenvalue weighted by atomic mass is 32.1. The maximum atomic E-state index is 5.68. The first-order valence-corrected chi connectivity index (χ1v) is 7.08. The first-order valence-electron chi connectivity index (χ1n) is 5.86. The lowest BCUT2D eigenvalue weighted by atomic mass is 10.3. The van der Waals surface area contributed by atoms with E-state index in [4.69, 9.17) is 18.0 Å². The van der Waals surface area contributed by atoms with Crippen molar-refractivity contribution in [3.05, 3.63) is 10.6 Å². The Morgan fingerprint density at radius 2 is 2.06 bits per heavy atom. The van der Waals surface area contributed by atoms with Gasteiger partial charge in [-0.2, -0.15) is 0 Å². The predicted molar refractivity (Wildman–Crippen MR) is 77.1 cm³/mol. The fourth-order valence-electron chi connectivity index (χ4n) is 2.00. The van der Waals surface area contributed by atoms with Crippen LogP contribution in [0.15, 0.2) is 0 Å². The van der Waals surface area contributed by atoms with Crippen LogP contribution in [0.25, 0.3) is 0 Å². The third-order valence-electron chi connectivity index (χ3n) is 3.10. The Morgan fingerprint density at radius 3 is 2.53 bits per heavy atom. The summed E-state index contributed by atoms with van der Waals surface area (Å²) in [7, 11) is 0. The Morgan fingerprint density at radius 1 is 1.41 bits per heavy atom. The van der Waals surface area contributed by atoms with Gasteiger partial charge in [0.15, 0.2) is 5.13 Å². The number of likely N-dealkylation sites (N-methyl/N-ethyl adjacent to an activating group) is 1. The number of anilines is 1. The minimum atomic E-state index is 0.457. The van der Waals surface area contributed by atoms with E-state index in [9.17, 15) is 0 Å². The molecule has 0 atom stereocenters. The van der Waals surface area contributed by atoms with Crippen molar-refractivity contribution >= 4 is 33.7 Å². The van der Waals surface area contributed by atoms with Gasteiger partial charge in [0.2, 0.25) is 0 Å². The van der Waals surface area contributed by atoms with Crippen LogP contribution in [-0.4, -0.2) is 47.6 Å². The van der Waals surface area contributed by atoms with Crippen molar-refractivity contribution < 1.29 is 0 Å². The average molecular weight is 270 g/mol. The summed E-state index contributed by atoms with van der Waals surface area (Å²) in [5.74, 6) is 0. The van der Waals surface area contributed by atoms with Gasteiger partial charge in [0.25, 0.3) is 0 Å². The molecule has 0 unspecified atom stereocenters. The molecule has 17 heavy (non-hydrogen) atoms. The molecular formula is C11H18N4S2. The number of aromatic nitrogens is 1. The number of nitrogens with zero attached hydrogens (tertiary/aromatic N) is 3. The molecule has 4 nitrogen and oxygen atoms in total. The van der Waals surface area contributed by atoms with Gasteiger partial charge in [-0.05, 0) is 13.5 Å². The van der Waals surface area contributed by atoms with Crippen LogP contribution in [0, 0.1) is 6.92 Å². The fourth-order valence-corrected chi connectivity index (χ4v) is 3.24. The summed E-state index contributed by atoms with van der Waals surface area (Å²) in [6.07, 6.45) is 0. The summed E-state index contributed by atoms with van der Waals surface area (Å²) < 4.78 is 0. The van der Waals surface area contributed by atoms with Crippen LogP contribution in [0.1, 0.15) is 17.5 Å². The van der Waals surface area contributed by atoms with Crippen LogP contribution in [0.4, 0.5) is 5.13 Å². The largest absolute Gasteiger partial charge is 0.389 e. The number of piperazine rings is 1. The second-order valence-electron chi connectivity index (χ2n) is 4.20. The van der Waals surface area contributed by atoms with E-state index < -0.39 is 0 Å². The van der Waals surface area contributed by atoms with Crippen molar-refractivity contribution in [1.82, 2.24) is 9.88 Å². The maximum absolute atomic E-state index is 5.68. The SMILES string of the molecule is CCN1CCN(c2nc(C)c(C(N)=S)s2)CC1. The van der Waals surface area contributed by atoms with Gasteiger partial charge < -0.3 is 15.5 Å². The fraction of sp³-hybridized carbons (Fsp3) is 0.636. The lowest BCUT2D eigenvalue weighted by Crippen LogP contribution is -2.46. The molecule has 0 spiro atoms. The second kappa shape index (κ2) is 5.29. The molecule has 2 rings (SSSR count). The average Bonchev–Trinajstić information content (AvgIpc) is 2.71. The molecule has 1 fully saturated rings. The zero-order valence-corrected chi connectivity index (χ0v) is 11.9. The molecule has 0 aromatic carbocycles. The van der Waals surface area contributed by atoms with Gasteiger partial charge in [0.1, 0.15) is 4.99 Å². The van der Waals surface area contributed by atoms with Crippen LogP contribution >= 0.6 is 23.6 Å². The monoisotopic (exact) mass is 270 g/mol. The Bertz CT molecular complexity index is 408. The van der Waals surface area contributed by atoms with E-state index in [-0.39, 0.29) is 0 Å². The number of hydrogen-bond acceptors (Lipinski definition) is 5. The highest BCUT2D eigenvalue weighted by Gasteiger charge is 2.20. The lowest BCUT2D eigenvalue weighted by Gasteiger charge is -2.33. The van der Waals surface area contributed by atoms with Crippen molar-refractivity contribution in [2.75, 3.05) is 37.6 Å². The van der Waals surface area contributed by atoms with E-state index in [1.54, 1.807) is 11.3 Å². The molecule has 2 heterocycles. The zero-order valence-electron chi connectivity index (χ0n) is 10.3. The van der Waals surface area contributed by atoms with Gasteiger partial charge in [-0.25, -0.2) is 4.98 Å². The highest BCUT2D eigenvalue weighted by molar-refractivity contribution is 7.81. The topological polar surface area (TPSA) is 45.4 Å². The van der Waals surface area contributed by atoms with E-state index in [2.05, 4.69) is 21.7 Å². The number of rotatable bonds is 3. The smallest absolute Gasteiger partial charge is 0.186 e. The van der Waals surface area contributed by atoms with Gasteiger partial charge in [-0.15, -0.1) is 0 Å². The van der Waals surface area contributed by atoms with E-state index >= 15 is 0 Å². The standard InChI is InChI=1S/C11H18N4S2/c1-3-14-4-6-15(7-5-14)11-13-8(2)9(17-11)10(12)16/h3-7H2,1-2H3,(H2,12,16). The number of aryl methyl sites for hydroxylation is 1. The molecule has 0 saturated carbocycles. The summed E-state index contributed by atoms with van der Waals surface area (Å²) in [6.45, 7) is 9.60. The molecule has 2 N–H and O–H groups in total. The summed E-state index contributed by atoms with van der Waals surface area (Å²) in [5, 5.41) is 1.06. The molecule has 0 radical (unpaired) electrons. The number of hydrogen-bond donors (Lipinski definition) is 1. The van der Waals surface area contributed by atoms with Crippen molar-refractivity contribution in [2.45, 2.75) is 13.8 Å². The normalized spacial score (nSPS) is 17.4. The second-order valence-corrected chi connectivity index (χ2v) is 5.61. The minimum absolute atomic E-state index is 0.457. The van der Waals surface area contributed by atoms with E-state index in [0.29, 0.717) is 4.99 Å². The van der Waals surface area contributed by atoms with Crippen LogP contribution < -0.4 is 10.6 Å². The molecule has 1 aliphatic heterocycles. The molecule has 0 amide bonds. The predicted octanol–water partition coefficient (Wildman–Crippen LogP) is 1.23. The van der Waals surface area contributed by atoms with Crippen LogP contribution in [-0.2, 0) is 0 Å². The third-order valence-corrected chi connectivity index (χ3v) is 4.68. The summed E-state index contributed by atoms with van der Waals surface area (Å²) in [6, 6.07) is 0. The van der Waals surface area contributed by atoms with Gasteiger partial charge in [-0.3, -0.25) is 0 Å². The van der Waals surface area contributed by atoms with Gasteiger partial charge in [0, 0.05) is 26.2 Å². The van der Waals surface area contributed by atoms with Gasteiger partial charge in [0.05, 0.1) is 10.6 Å². The molecule has 94 valence electrons. The molecule has 1 aromatic rings. The highest BCUT2D eigenvalue weighted by Crippen LogP contribution is 2.26. The Balaban J connectivity index is 2.08. The van der Waals surface area contributed by atoms with E-state index in [0.717, 1.165) is 48.4 Å². The molecule has 0 aliphatic carbocycles. The van der Waals surface area contributed by atoms with Crippen molar-refractivity contribution in [2.24, 2.45) is 5.73 Å². The third kappa shape index (κ3) is 2.75. The lowest BCUT2D eigenvalue weighted by molar-refractivity contribution is 0.271. The van der Waals surface area contributed by atoms with Crippen LogP contribution in [0.5, 0.6) is 0 Å². The molecule has 1 aromatic heterocycles. The van der Waals surface area contributed by atoms with Crippen molar-refractivity contribution in [1.29, 1.82) is 0 Å². The number of nitrogens with two attached hydrogens (primary N) is 1. The van der Waals surface area contributed by atoms with Crippen molar-refractivity contribution in [3.8, 4) is 0 Å². The summed E-state index contributed by atoms with van der Waals surface area (Å²) >= 11 is 6.64. The van der Waals surface area contributed by atoms with Gasteiger partial charge >= 0.3 is 0 Å². The Hall–Kier alpha value is -0.720. The summed E-state index contributed by atoms with van der Waals surface area (Å²) in [5.41, 5.74) is 6.63. The zero-order chi connectivity index (χ0) is 12.4. The van der Waals surface area contributed by atoms with E-state index in [1.807, 2.05) is 6.92 Å². The van der Waals surface area contributed by atoms with E-state index in [1.165, 1.54) is 0 Å². The summed E-state index contributed by atoms with van der Waals surface area (Å²) in [4.78, 5) is 10.7. The van der Waals surface area contributed by atoms with Crippen molar-refractivity contribution in [3.63, 3.8) is 0 Å². The number of thiocarbonyl (C=S) groups is 1. The molecular weight excluding hydrogens is 252 g/mol. The molecule has 6 heteroatoms. The first kappa shape index (κ1) is 12.7. The molecule has 1 saturated heterocycles. The van der Waals surface area contributed by atoms with Crippen LogP contribution in [0.3, 0.4) is 0 Å². The Kier molecular flexibility index (Phi) is 3.96. The van der Waals surface area contributed by atoms with Crippen LogP contribution in [0.2, 0.25) is 0 Å². The number of thiazole rings is 1. The Labute approximate surface area is 111 Å². The first-order chi connectivity index (χ1) is 8.11. The minimum Gasteiger partial charge on any atom is -0.389 e. The molecule has 0 bridgehead atoms. The van der Waals surface area contributed by atoms with Gasteiger partial charge in [-0.1, -0.05) is 30.5 Å². The molecule has 1 aliphatic rings.